The van der Waals surface area contributed by atoms with Crippen molar-refractivity contribution in [1.29, 1.82) is 0 Å². The van der Waals surface area contributed by atoms with E-state index in [4.69, 9.17) is 0 Å². The summed E-state index contributed by atoms with van der Waals surface area (Å²) in [6.07, 6.45) is 1.25. The zero-order valence-corrected chi connectivity index (χ0v) is 8.88. The molecule has 2 aliphatic heterocycles. The van der Waals surface area contributed by atoms with Gasteiger partial charge in [-0.3, -0.25) is 0 Å². The van der Waals surface area contributed by atoms with Crippen LogP contribution in [-0.4, -0.2) is 49.6 Å². The minimum Gasteiger partial charge on any atom is -0.304 e. The Morgan fingerprint density at radius 3 is 2.00 bits per heavy atom. The standard InChI is InChI=1S/C7H14N2.C3H8/c1-8-3-6-4-9(2)7(6)5-8;1-3-2/h6-7H,3-5H2,1-2H3;3H2,1-2H3. The highest BCUT2D eigenvalue weighted by molar-refractivity contribution is 4.97. The molecule has 0 aliphatic carbocycles. The van der Waals surface area contributed by atoms with Gasteiger partial charge in [-0.25, -0.2) is 0 Å². The zero-order chi connectivity index (χ0) is 9.14. The average molecular weight is 170 g/mol. The highest BCUT2D eigenvalue weighted by atomic mass is 15.3. The molecule has 0 aromatic carbocycles. The van der Waals surface area contributed by atoms with Gasteiger partial charge in [0, 0.05) is 31.6 Å². The van der Waals surface area contributed by atoms with E-state index >= 15 is 0 Å². The number of hydrogen-bond donors (Lipinski definition) is 0. The Labute approximate surface area is 76.5 Å². The van der Waals surface area contributed by atoms with E-state index in [0.717, 1.165) is 12.0 Å². The third-order valence-electron chi connectivity index (χ3n) is 2.68. The van der Waals surface area contributed by atoms with Gasteiger partial charge in [-0.05, 0) is 14.1 Å². The van der Waals surface area contributed by atoms with Gasteiger partial charge in [0.25, 0.3) is 0 Å². The molecule has 2 unspecified atom stereocenters. The molecule has 2 fully saturated rings. The highest BCUT2D eigenvalue weighted by Gasteiger charge is 2.41. The molecule has 0 bridgehead atoms. The van der Waals surface area contributed by atoms with Crippen molar-refractivity contribution in [2.75, 3.05) is 33.7 Å². The third kappa shape index (κ3) is 1.99. The van der Waals surface area contributed by atoms with Gasteiger partial charge in [-0.2, -0.15) is 0 Å². The fraction of sp³-hybridized carbons (Fsp3) is 1.00. The van der Waals surface area contributed by atoms with E-state index in [1.165, 1.54) is 26.1 Å². The molecule has 2 heteroatoms. The van der Waals surface area contributed by atoms with Crippen molar-refractivity contribution in [3.05, 3.63) is 0 Å². The first-order valence-electron chi connectivity index (χ1n) is 5.07. The van der Waals surface area contributed by atoms with Crippen molar-refractivity contribution in [2.24, 2.45) is 5.92 Å². The second-order valence-electron chi connectivity index (χ2n) is 4.20. The van der Waals surface area contributed by atoms with Gasteiger partial charge in [0.1, 0.15) is 0 Å². The summed E-state index contributed by atoms with van der Waals surface area (Å²) in [6.45, 7) is 8.20. The summed E-state index contributed by atoms with van der Waals surface area (Å²) in [5.74, 6) is 1.000. The van der Waals surface area contributed by atoms with Crippen LogP contribution in [0.15, 0.2) is 0 Å². The van der Waals surface area contributed by atoms with E-state index in [0.29, 0.717) is 0 Å². The van der Waals surface area contributed by atoms with Crippen LogP contribution in [0.5, 0.6) is 0 Å². The Bertz CT molecular complexity index is 136. The highest BCUT2D eigenvalue weighted by Crippen LogP contribution is 2.29. The van der Waals surface area contributed by atoms with Crippen molar-refractivity contribution in [1.82, 2.24) is 9.80 Å². The van der Waals surface area contributed by atoms with Crippen molar-refractivity contribution in [3.8, 4) is 0 Å². The summed E-state index contributed by atoms with van der Waals surface area (Å²) >= 11 is 0. The van der Waals surface area contributed by atoms with Crippen LogP contribution in [0.2, 0.25) is 0 Å². The van der Waals surface area contributed by atoms with Gasteiger partial charge in [-0.15, -0.1) is 0 Å². The summed E-state index contributed by atoms with van der Waals surface area (Å²) in [5, 5.41) is 0. The van der Waals surface area contributed by atoms with E-state index in [9.17, 15) is 0 Å². The maximum Gasteiger partial charge on any atom is 0.0272 e. The van der Waals surface area contributed by atoms with Crippen molar-refractivity contribution in [3.63, 3.8) is 0 Å². The molecule has 2 heterocycles. The van der Waals surface area contributed by atoms with E-state index in [1.54, 1.807) is 0 Å². The molecule has 0 aromatic rings. The minimum absolute atomic E-state index is 0.898. The van der Waals surface area contributed by atoms with Crippen molar-refractivity contribution < 1.29 is 0 Å². The molecule has 0 radical (unpaired) electrons. The molecule has 72 valence electrons. The molecule has 0 aromatic heterocycles. The zero-order valence-electron chi connectivity index (χ0n) is 8.88. The van der Waals surface area contributed by atoms with E-state index in [2.05, 4.69) is 37.7 Å². The van der Waals surface area contributed by atoms with Gasteiger partial charge in [-0.1, -0.05) is 20.3 Å². The number of hydrogen-bond acceptors (Lipinski definition) is 2. The summed E-state index contributed by atoms with van der Waals surface area (Å²) in [7, 11) is 4.44. The molecule has 0 amide bonds. The lowest BCUT2D eigenvalue weighted by atomic mass is 9.93. The molecule has 2 atom stereocenters. The van der Waals surface area contributed by atoms with Crippen molar-refractivity contribution in [2.45, 2.75) is 26.3 Å². The maximum absolute atomic E-state index is 2.45. The third-order valence-corrected chi connectivity index (χ3v) is 2.68. The van der Waals surface area contributed by atoms with E-state index in [1.807, 2.05) is 0 Å². The number of fused-ring (bicyclic) bond motifs is 1. The molecule has 2 aliphatic rings. The van der Waals surface area contributed by atoms with Gasteiger partial charge in [0.2, 0.25) is 0 Å². The molecular weight excluding hydrogens is 148 g/mol. The molecule has 2 rings (SSSR count). The van der Waals surface area contributed by atoms with Crippen LogP contribution in [0.4, 0.5) is 0 Å². The van der Waals surface area contributed by atoms with Gasteiger partial charge < -0.3 is 9.80 Å². The largest absolute Gasteiger partial charge is 0.304 e. The van der Waals surface area contributed by atoms with Crippen LogP contribution in [0.1, 0.15) is 20.3 Å². The summed E-state index contributed by atoms with van der Waals surface area (Å²) in [5.41, 5.74) is 0. The number of nitrogens with zero attached hydrogens (tertiary/aromatic N) is 2. The topological polar surface area (TPSA) is 6.48 Å². The van der Waals surface area contributed by atoms with Crippen LogP contribution in [0, 0.1) is 5.92 Å². The van der Waals surface area contributed by atoms with Crippen LogP contribution in [0.25, 0.3) is 0 Å². The molecule has 0 saturated carbocycles. The first-order chi connectivity index (χ1) is 5.69. The Morgan fingerprint density at radius 1 is 1.08 bits per heavy atom. The van der Waals surface area contributed by atoms with Crippen LogP contribution >= 0.6 is 0 Å². The average Bonchev–Trinajstić information content (AvgIpc) is 2.29. The molecule has 12 heavy (non-hydrogen) atoms. The molecule has 2 nitrogen and oxygen atoms in total. The predicted molar refractivity (Wildman–Crippen MR) is 53.4 cm³/mol. The molecule has 2 saturated heterocycles. The smallest absolute Gasteiger partial charge is 0.0272 e. The number of likely N-dealkylation sites (N-methyl/N-ethyl adjacent to an activating group) is 2. The minimum atomic E-state index is 0.898. The second kappa shape index (κ2) is 4.24. The maximum atomic E-state index is 2.45. The summed E-state index contributed by atoms with van der Waals surface area (Å²) < 4.78 is 0. The van der Waals surface area contributed by atoms with Crippen LogP contribution in [0.3, 0.4) is 0 Å². The fourth-order valence-corrected chi connectivity index (χ4v) is 2.11. The van der Waals surface area contributed by atoms with Crippen LogP contribution in [-0.2, 0) is 0 Å². The first-order valence-corrected chi connectivity index (χ1v) is 5.07. The lowest BCUT2D eigenvalue weighted by molar-refractivity contribution is 0.0826. The predicted octanol–water partition coefficient (Wildman–Crippen LogP) is 1.28. The Balaban J connectivity index is 0.000000213. The SMILES string of the molecule is CCC.CN1CC2CN(C)C2C1. The van der Waals surface area contributed by atoms with Gasteiger partial charge in [0.05, 0.1) is 0 Å². The van der Waals surface area contributed by atoms with E-state index in [-0.39, 0.29) is 0 Å². The second-order valence-corrected chi connectivity index (χ2v) is 4.20. The quantitative estimate of drug-likeness (QED) is 0.540. The van der Waals surface area contributed by atoms with Gasteiger partial charge in [0.15, 0.2) is 0 Å². The number of rotatable bonds is 0. The lowest BCUT2D eigenvalue weighted by Crippen LogP contribution is -2.52. The van der Waals surface area contributed by atoms with Gasteiger partial charge >= 0.3 is 0 Å². The first kappa shape index (κ1) is 10.0. The fourth-order valence-electron chi connectivity index (χ4n) is 2.11. The van der Waals surface area contributed by atoms with E-state index < -0.39 is 0 Å². The van der Waals surface area contributed by atoms with Crippen LogP contribution < -0.4 is 0 Å². The molecular formula is C10H22N2. The Kier molecular flexibility index (Phi) is 3.53. The summed E-state index contributed by atoms with van der Waals surface area (Å²) in [6, 6.07) is 0.898. The molecule has 0 N–H and O–H groups in total. The summed E-state index contributed by atoms with van der Waals surface area (Å²) in [4.78, 5) is 4.88. The molecule has 0 spiro atoms. The number of likely N-dealkylation sites (tertiary alicyclic amines) is 2. The van der Waals surface area contributed by atoms with Crippen molar-refractivity contribution >= 4 is 0 Å². The monoisotopic (exact) mass is 170 g/mol. The lowest BCUT2D eigenvalue weighted by Gasteiger charge is -2.40. The Morgan fingerprint density at radius 2 is 1.67 bits per heavy atom. The normalized spacial score (nSPS) is 35.0. The Hall–Kier alpha value is -0.0800.